The molecule has 84 valence electrons. The number of aryl methyl sites for hydroxylation is 1. The maximum Gasteiger partial charge on any atom is 0.0443 e. The summed E-state index contributed by atoms with van der Waals surface area (Å²) in [7, 11) is 0. The van der Waals surface area contributed by atoms with E-state index in [0.717, 1.165) is 12.8 Å². The lowest BCUT2D eigenvalue weighted by Gasteiger charge is -2.09. The third-order valence-corrected chi connectivity index (χ3v) is 4.46. The Hall–Kier alpha value is -0.600. The van der Waals surface area contributed by atoms with Crippen molar-refractivity contribution in [1.29, 1.82) is 0 Å². The topological polar surface area (TPSA) is 0 Å². The van der Waals surface area contributed by atoms with Crippen molar-refractivity contribution >= 4 is 27.3 Å². The molecule has 2 rings (SSSR count). The Balaban J connectivity index is 2.05. The molecule has 1 aromatic heterocycles. The molecule has 0 saturated heterocycles. The summed E-state index contributed by atoms with van der Waals surface area (Å²) in [5.74, 6) is 0. The Morgan fingerprint density at radius 3 is 2.50 bits per heavy atom. The predicted molar refractivity (Wildman–Crippen MR) is 75.5 cm³/mol. The minimum absolute atomic E-state index is 0.428. The van der Waals surface area contributed by atoms with E-state index in [0.29, 0.717) is 4.83 Å². The van der Waals surface area contributed by atoms with Gasteiger partial charge < -0.3 is 0 Å². The number of alkyl halides is 1. The Bertz CT molecular complexity index is 417. The largest absolute Gasteiger partial charge is 0.149 e. The number of hydrogen-bond donors (Lipinski definition) is 0. The van der Waals surface area contributed by atoms with Crippen LogP contribution in [0.25, 0.3) is 0 Å². The summed E-state index contributed by atoms with van der Waals surface area (Å²) < 4.78 is 0. The molecule has 1 heterocycles. The van der Waals surface area contributed by atoms with Crippen molar-refractivity contribution in [2.75, 3.05) is 0 Å². The third kappa shape index (κ3) is 2.96. The lowest BCUT2D eigenvalue weighted by atomic mass is 10.1. The molecule has 0 N–H and O–H groups in total. The number of halogens is 1. The van der Waals surface area contributed by atoms with Gasteiger partial charge in [0.15, 0.2) is 0 Å². The average molecular weight is 295 g/mol. The van der Waals surface area contributed by atoms with Crippen LogP contribution in [-0.4, -0.2) is 0 Å². The highest BCUT2D eigenvalue weighted by Crippen LogP contribution is 2.28. The van der Waals surface area contributed by atoms with Crippen molar-refractivity contribution in [3.8, 4) is 0 Å². The van der Waals surface area contributed by atoms with Gasteiger partial charge in [0, 0.05) is 9.70 Å². The highest BCUT2D eigenvalue weighted by atomic mass is 79.9. The summed E-state index contributed by atoms with van der Waals surface area (Å²) >= 11 is 5.58. The van der Waals surface area contributed by atoms with Crippen molar-refractivity contribution < 1.29 is 0 Å². The summed E-state index contributed by atoms with van der Waals surface area (Å²) in [4.78, 5) is 1.86. The zero-order chi connectivity index (χ0) is 11.4. The molecule has 2 heteroatoms. The van der Waals surface area contributed by atoms with E-state index in [1.165, 1.54) is 16.0 Å². The summed E-state index contributed by atoms with van der Waals surface area (Å²) in [6, 6.07) is 13.2. The number of rotatable bonds is 4. The van der Waals surface area contributed by atoms with E-state index in [-0.39, 0.29) is 0 Å². The van der Waals surface area contributed by atoms with Gasteiger partial charge in [-0.15, -0.1) is 11.3 Å². The highest BCUT2D eigenvalue weighted by molar-refractivity contribution is 9.09. The van der Waals surface area contributed by atoms with Gasteiger partial charge in [0.05, 0.1) is 0 Å². The first-order valence-corrected chi connectivity index (χ1v) is 7.34. The molecule has 0 amide bonds. The Morgan fingerprint density at radius 1 is 1.19 bits per heavy atom. The quantitative estimate of drug-likeness (QED) is 0.697. The lowest BCUT2D eigenvalue weighted by molar-refractivity contribution is 0.965. The maximum absolute atomic E-state index is 3.76. The molecule has 16 heavy (non-hydrogen) atoms. The van der Waals surface area contributed by atoms with Gasteiger partial charge >= 0.3 is 0 Å². The van der Waals surface area contributed by atoms with E-state index >= 15 is 0 Å². The van der Waals surface area contributed by atoms with Crippen LogP contribution in [-0.2, 0) is 12.8 Å². The van der Waals surface area contributed by atoms with Crippen LogP contribution in [0.15, 0.2) is 41.8 Å². The first-order chi connectivity index (χ1) is 7.79. The summed E-state index contributed by atoms with van der Waals surface area (Å²) in [6.45, 7) is 2.19. The lowest BCUT2D eigenvalue weighted by Crippen LogP contribution is -1.93. The van der Waals surface area contributed by atoms with Crippen LogP contribution in [0.4, 0.5) is 0 Å². The predicted octanol–water partition coefficient (Wildman–Crippen LogP) is 4.99. The molecule has 1 atom stereocenters. The minimum atomic E-state index is 0.428. The number of benzene rings is 1. The van der Waals surface area contributed by atoms with Gasteiger partial charge in [-0.25, -0.2) is 0 Å². The van der Waals surface area contributed by atoms with E-state index in [9.17, 15) is 0 Å². The van der Waals surface area contributed by atoms with Crippen LogP contribution in [0.1, 0.15) is 27.8 Å². The number of thiophene rings is 1. The molecule has 2 aromatic rings. The fourth-order valence-electron chi connectivity index (χ4n) is 1.69. The molecule has 0 nitrogen and oxygen atoms in total. The average Bonchev–Trinajstić information content (AvgIpc) is 2.82. The summed E-state index contributed by atoms with van der Waals surface area (Å²) in [5.41, 5.74) is 2.77. The van der Waals surface area contributed by atoms with Gasteiger partial charge in [-0.2, -0.15) is 0 Å². The van der Waals surface area contributed by atoms with E-state index in [4.69, 9.17) is 0 Å². The monoisotopic (exact) mass is 294 g/mol. The first kappa shape index (κ1) is 11.9. The molecular weight excluding hydrogens is 280 g/mol. The maximum atomic E-state index is 3.76. The number of hydrogen-bond acceptors (Lipinski definition) is 1. The third-order valence-electron chi connectivity index (χ3n) is 2.71. The first-order valence-electron chi connectivity index (χ1n) is 5.55. The van der Waals surface area contributed by atoms with E-state index in [2.05, 4.69) is 64.6 Å². The Labute approximate surface area is 109 Å². The molecule has 0 fully saturated rings. The minimum Gasteiger partial charge on any atom is -0.149 e. The smallest absolute Gasteiger partial charge is 0.0443 e. The Morgan fingerprint density at radius 2 is 1.94 bits per heavy atom. The fraction of sp³-hybridized carbons (Fsp3) is 0.286. The van der Waals surface area contributed by atoms with Crippen LogP contribution < -0.4 is 0 Å². The molecular formula is C14H15BrS. The van der Waals surface area contributed by atoms with E-state index in [1.54, 1.807) is 0 Å². The molecule has 0 spiro atoms. The van der Waals surface area contributed by atoms with Crippen LogP contribution in [0.5, 0.6) is 0 Å². The fourth-order valence-corrected chi connectivity index (χ4v) is 3.31. The second-order valence-corrected chi connectivity index (χ2v) is 5.98. The van der Waals surface area contributed by atoms with Gasteiger partial charge in [0.2, 0.25) is 0 Å². The normalized spacial score (nSPS) is 12.6. The van der Waals surface area contributed by atoms with Crippen LogP contribution >= 0.6 is 27.3 Å². The molecule has 0 radical (unpaired) electrons. The standard InChI is InChI=1S/C14H15BrS/c1-2-11-5-7-12(8-6-11)14(15)10-13-4-3-9-16-13/h3-9,14H,2,10H2,1H3. The van der Waals surface area contributed by atoms with Crippen molar-refractivity contribution in [2.24, 2.45) is 0 Å². The highest BCUT2D eigenvalue weighted by Gasteiger charge is 2.08. The van der Waals surface area contributed by atoms with Crippen LogP contribution in [0.2, 0.25) is 0 Å². The summed E-state index contributed by atoms with van der Waals surface area (Å²) in [6.07, 6.45) is 2.18. The van der Waals surface area contributed by atoms with Gasteiger partial charge in [-0.1, -0.05) is 53.2 Å². The van der Waals surface area contributed by atoms with Gasteiger partial charge in [0.25, 0.3) is 0 Å². The second kappa shape index (κ2) is 5.65. The molecule has 0 saturated carbocycles. The molecule has 1 unspecified atom stereocenters. The van der Waals surface area contributed by atoms with Crippen molar-refractivity contribution in [3.63, 3.8) is 0 Å². The van der Waals surface area contributed by atoms with Crippen molar-refractivity contribution in [1.82, 2.24) is 0 Å². The molecule has 0 bridgehead atoms. The van der Waals surface area contributed by atoms with Crippen LogP contribution in [0.3, 0.4) is 0 Å². The van der Waals surface area contributed by atoms with Gasteiger partial charge in [0.1, 0.15) is 0 Å². The van der Waals surface area contributed by atoms with Crippen molar-refractivity contribution in [3.05, 3.63) is 57.8 Å². The SMILES string of the molecule is CCc1ccc(C(Br)Cc2cccs2)cc1. The van der Waals surface area contributed by atoms with Gasteiger partial charge in [-0.3, -0.25) is 0 Å². The zero-order valence-electron chi connectivity index (χ0n) is 9.32. The summed E-state index contributed by atoms with van der Waals surface area (Å²) in [5, 5.41) is 2.13. The zero-order valence-corrected chi connectivity index (χ0v) is 11.7. The molecule has 1 aromatic carbocycles. The van der Waals surface area contributed by atoms with Crippen LogP contribution in [0, 0.1) is 0 Å². The van der Waals surface area contributed by atoms with E-state index < -0.39 is 0 Å². The van der Waals surface area contributed by atoms with Gasteiger partial charge in [-0.05, 0) is 35.4 Å². The Kier molecular flexibility index (Phi) is 4.19. The van der Waals surface area contributed by atoms with Crippen molar-refractivity contribution in [2.45, 2.75) is 24.6 Å². The second-order valence-electron chi connectivity index (χ2n) is 3.85. The van der Waals surface area contributed by atoms with E-state index in [1.807, 2.05) is 11.3 Å². The molecule has 0 aliphatic carbocycles. The molecule has 0 aliphatic heterocycles. The molecule has 0 aliphatic rings.